The van der Waals surface area contributed by atoms with Gasteiger partial charge in [-0.3, -0.25) is 0 Å². The molecule has 3 heteroatoms. The summed E-state index contributed by atoms with van der Waals surface area (Å²) >= 11 is 6.44. The molecule has 2 aliphatic rings. The van der Waals surface area contributed by atoms with Gasteiger partial charge in [0.1, 0.15) is 0 Å². The fourth-order valence-electron chi connectivity index (χ4n) is 3.41. The van der Waals surface area contributed by atoms with Crippen LogP contribution in [-0.2, 0) is 11.3 Å². The van der Waals surface area contributed by atoms with Crippen LogP contribution in [0.5, 0.6) is 0 Å². The molecule has 1 aromatic carbocycles. The molecule has 108 valence electrons. The number of fused-ring (bicyclic) bond motifs is 2. The summed E-state index contributed by atoms with van der Waals surface area (Å²) in [7, 11) is -1.69. The number of ether oxygens (including phenoxy) is 1. The van der Waals surface area contributed by atoms with Crippen molar-refractivity contribution in [3.05, 3.63) is 42.0 Å². The molecular weight excluding hydrogens is 284 g/mol. The van der Waals surface area contributed by atoms with Crippen molar-refractivity contribution >= 4 is 23.6 Å². The van der Waals surface area contributed by atoms with Crippen molar-refractivity contribution in [3.63, 3.8) is 0 Å². The van der Waals surface area contributed by atoms with Gasteiger partial charge in [-0.25, -0.2) is 0 Å². The van der Waals surface area contributed by atoms with Crippen molar-refractivity contribution in [2.24, 2.45) is 17.8 Å². The molecule has 1 aromatic rings. The third-order valence-electron chi connectivity index (χ3n) is 4.66. The molecule has 0 aliphatic heterocycles. The highest BCUT2D eigenvalue weighted by atomic mass is 35.6. The Morgan fingerprint density at radius 3 is 2.45 bits per heavy atom. The van der Waals surface area contributed by atoms with Crippen LogP contribution in [0.2, 0.25) is 13.1 Å². The summed E-state index contributed by atoms with van der Waals surface area (Å²) < 4.78 is 5.93. The third-order valence-corrected chi connectivity index (χ3v) is 7.02. The first-order valence-corrected chi connectivity index (χ1v) is 11.6. The van der Waals surface area contributed by atoms with Gasteiger partial charge in [-0.15, -0.1) is 0 Å². The molecule has 0 amide bonds. The van der Waals surface area contributed by atoms with Crippen molar-refractivity contribution in [2.75, 3.05) is 6.61 Å². The second kappa shape index (κ2) is 5.67. The fourth-order valence-corrected chi connectivity index (χ4v) is 4.75. The first kappa shape index (κ1) is 14.4. The highest BCUT2D eigenvalue weighted by Gasteiger charge is 2.35. The zero-order valence-corrected chi connectivity index (χ0v) is 14.1. The number of allylic oxidation sites excluding steroid dienone is 2. The molecule has 0 spiro atoms. The second-order valence-electron chi connectivity index (χ2n) is 6.72. The Morgan fingerprint density at radius 2 is 1.90 bits per heavy atom. The van der Waals surface area contributed by atoms with Gasteiger partial charge in [0, 0.05) is 0 Å². The standard InChI is InChI=1S/C17H23ClOSi/c1-20(2,18)17-7-4-13(5-8-17)11-19-12-16-10-14-3-6-15(16)9-14/h3-8,14-16H,9-12H2,1-2H3. The highest BCUT2D eigenvalue weighted by molar-refractivity contribution is 7.26. The van der Waals surface area contributed by atoms with E-state index >= 15 is 0 Å². The summed E-state index contributed by atoms with van der Waals surface area (Å²) in [5.74, 6) is 2.37. The van der Waals surface area contributed by atoms with Gasteiger partial charge in [0.15, 0.2) is 7.38 Å². The molecule has 0 radical (unpaired) electrons. The van der Waals surface area contributed by atoms with E-state index in [1.165, 1.54) is 23.6 Å². The van der Waals surface area contributed by atoms with Crippen LogP contribution in [-0.4, -0.2) is 14.0 Å². The van der Waals surface area contributed by atoms with Crippen molar-refractivity contribution in [3.8, 4) is 0 Å². The van der Waals surface area contributed by atoms with E-state index in [0.717, 1.165) is 31.0 Å². The monoisotopic (exact) mass is 306 g/mol. The third kappa shape index (κ3) is 3.18. The van der Waals surface area contributed by atoms with Gasteiger partial charge in [-0.1, -0.05) is 49.5 Å². The van der Waals surface area contributed by atoms with Gasteiger partial charge in [-0.05, 0) is 41.3 Å². The summed E-state index contributed by atoms with van der Waals surface area (Å²) in [6.45, 7) is 5.94. The minimum absolute atomic E-state index is 0.724. The van der Waals surface area contributed by atoms with Crippen molar-refractivity contribution < 1.29 is 4.74 Å². The molecule has 1 nitrogen and oxygen atoms in total. The first-order valence-electron chi connectivity index (χ1n) is 7.57. The van der Waals surface area contributed by atoms with Gasteiger partial charge in [0.05, 0.1) is 13.2 Å². The lowest BCUT2D eigenvalue weighted by Gasteiger charge is -2.18. The van der Waals surface area contributed by atoms with Gasteiger partial charge < -0.3 is 4.74 Å². The Kier molecular flexibility index (Phi) is 4.07. The van der Waals surface area contributed by atoms with Crippen LogP contribution < -0.4 is 5.19 Å². The van der Waals surface area contributed by atoms with E-state index in [-0.39, 0.29) is 0 Å². The van der Waals surface area contributed by atoms with Gasteiger partial charge >= 0.3 is 0 Å². The number of benzene rings is 1. The minimum Gasteiger partial charge on any atom is -0.376 e. The quantitative estimate of drug-likeness (QED) is 0.453. The largest absolute Gasteiger partial charge is 0.376 e. The Hall–Kier alpha value is -0.573. The summed E-state index contributed by atoms with van der Waals surface area (Å²) in [5.41, 5.74) is 1.25. The molecular formula is C17H23ClOSi. The highest BCUT2D eigenvalue weighted by Crippen LogP contribution is 2.43. The van der Waals surface area contributed by atoms with Crippen LogP contribution in [0, 0.1) is 17.8 Å². The van der Waals surface area contributed by atoms with Crippen LogP contribution in [0.1, 0.15) is 18.4 Å². The summed E-state index contributed by atoms with van der Waals surface area (Å²) in [6.07, 6.45) is 7.46. The average molecular weight is 307 g/mol. The van der Waals surface area contributed by atoms with Crippen LogP contribution in [0.4, 0.5) is 0 Å². The van der Waals surface area contributed by atoms with Crippen LogP contribution in [0.3, 0.4) is 0 Å². The molecule has 3 rings (SSSR count). The molecule has 20 heavy (non-hydrogen) atoms. The van der Waals surface area contributed by atoms with E-state index < -0.39 is 7.38 Å². The topological polar surface area (TPSA) is 9.23 Å². The van der Waals surface area contributed by atoms with E-state index in [0.29, 0.717) is 0 Å². The Balaban J connectivity index is 1.48. The maximum Gasteiger partial charge on any atom is 0.180 e. The Morgan fingerprint density at radius 1 is 1.15 bits per heavy atom. The molecule has 2 bridgehead atoms. The molecule has 2 aliphatic carbocycles. The second-order valence-corrected chi connectivity index (χ2v) is 13.1. The number of hydrogen-bond acceptors (Lipinski definition) is 1. The maximum absolute atomic E-state index is 6.44. The Labute approximate surface area is 127 Å². The normalized spacial score (nSPS) is 28.2. The number of hydrogen-bond donors (Lipinski definition) is 0. The maximum atomic E-state index is 6.44. The fraction of sp³-hybridized carbons (Fsp3) is 0.529. The van der Waals surface area contributed by atoms with Crippen LogP contribution in [0.15, 0.2) is 36.4 Å². The number of rotatable bonds is 5. The molecule has 1 fully saturated rings. The Bertz CT molecular complexity index is 489. The molecule has 0 N–H and O–H groups in total. The first-order chi connectivity index (χ1) is 9.52. The number of halogens is 1. The predicted molar refractivity (Wildman–Crippen MR) is 87.9 cm³/mol. The zero-order valence-electron chi connectivity index (χ0n) is 12.3. The van der Waals surface area contributed by atoms with E-state index in [1.807, 2.05) is 0 Å². The minimum atomic E-state index is -1.69. The molecule has 3 atom stereocenters. The molecule has 0 saturated heterocycles. The zero-order chi connectivity index (χ0) is 14.2. The van der Waals surface area contributed by atoms with E-state index in [2.05, 4.69) is 49.5 Å². The smallest absolute Gasteiger partial charge is 0.180 e. The van der Waals surface area contributed by atoms with Gasteiger partial charge in [0.25, 0.3) is 0 Å². The van der Waals surface area contributed by atoms with Gasteiger partial charge in [-0.2, -0.15) is 11.1 Å². The lowest BCUT2D eigenvalue weighted by Crippen LogP contribution is -2.34. The summed E-state index contributed by atoms with van der Waals surface area (Å²) in [6, 6.07) is 8.65. The molecule has 3 unspecified atom stereocenters. The van der Waals surface area contributed by atoms with E-state index in [1.54, 1.807) is 0 Å². The lowest BCUT2D eigenvalue weighted by molar-refractivity contribution is 0.0789. The van der Waals surface area contributed by atoms with Crippen LogP contribution in [0.25, 0.3) is 0 Å². The van der Waals surface area contributed by atoms with Crippen LogP contribution >= 0.6 is 11.1 Å². The van der Waals surface area contributed by atoms with Crippen molar-refractivity contribution in [1.82, 2.24) is 0 Å². The van der Waals surface area contributed by atoms with E-state index in [9.17, 15) is 0 Å². The van der Waals surface area contributed by atoms with Crippen molar-refractivity contribution in [2.45, 2.75) is 32.5 Å². The van der Waals surface area contributed by atoms with E-state index in [4.69, 9.17) is 15.8 Å². The summed E-state index contributed by atoms with van der Waals surface area (Å²) in [5, 5.41) is 1.29. The predicted octanol–water partition coefficient (Wildman–Crippen LogP) is 4.07. The van der Waals surface area contributed by atoms with Crippen molar-refractivity contribution in [1.29, 1.82) is 0 Å². The molecule has 0 heterocycles. The average Bonchev–Trinajstić information content (AvgIpc) is 3.00. The molecule has 0 aromatic heterocycles. The molecule has 1 saturated carbocycles. The summed E-state index contributed by atoms with van der Waals surface area (Å²) in [4.78, 5) is 0. The SMILES string of the molecule is C[Si](C)(Cl)c1ccc(COCC2CC3C=CC2C3)cc1. The lowest BCUT2D eigenvalue weighted by atomic mass is 9.95. The van der Waals surface area contributed by atoms with Gasteiger partial charge in [0.2, 0.25) is 0 Å².